The number of hydrogen-bond donors (Lipinski definition) is 0. The van der Waals surface area contributed by atoms with Crippen LogP contribution < -0.4 is 4.74 Å². The smallest absolute Gasteiger partial charge is 0.119 e. The van der Waals surface area contributed by atoms with E-state index in [0.717, 1.165) is 52.8 Å². The average Bonchev–Trinajstić information content (AvgIpc) is 3.31. The number of ether oxygens (including phenoxy) is 5. The Kier molecular flexibility index (Phi) is 14.3. The minimum Gasteiger partial charge on any atom is -0.489 e. The van der Waals surface area contributed by atoms with Crippen LogP contribution in [0.2, 0.25) is 0 Å². The maximum absolute atomic E-state index is 7.36. The van der Waals surface area contributed by atoms with E-state index in [-0.39, 0.29) is 6.10 Å². The molecule has 5 atom stereocenters. The molecule has 8 rings (SSSR count). The van der Waals surface area contributed by atoms with Gasteiger partial charge in [0.25, 0.3) is 0 Å². The fourth-order valence-electron chi connectivity index (χ4n) is 7.97. The Bertz CT molecular complexity index is 2300. The first-order valence-electron chi connectivity index (χ1n) is 21.2. The second-order valence-corrected chi connectivity index (χ2v) is 15.7. The molecule has 0 radical (unpaired) electrons. The van der Waals surface area contributed by atoms with Crippen molar-refractivity contribution in [2.45, 2.75) is 83.1 Å². The zero-order valence-electron chi connectivity index (χ0n) is 34.4. The molecule has 5 nitrogen and oxygen atoms in total. The summed E-state index contributed by atoms with van der Waals surface area (Å²) in [5.74, 6) is 0.856. The van der Waals surface area contributed by atoms with Gasteiger partial charge in [0.1, 0.15) is 36.8 Å². The van der Waals surface area contributed by atoms with Gasteiger partial charge in [0.05, 0.1) is 25.9 Å². The summed E-state index contributed by atoms with van der Waals surface area (Å²) in [6.45, 7) is 3.99. The summed E-state index contributed by atoms with van der Waals surface area (Å²) < 4.78 is 34.5. The van der Waals surface area contributed by atoms with Crippen LogP contribution in [-0.2, 0) is 58.2 Å². The van der Waals surface area contributed by atoms with Crippen LogP contribution in [-0.4, -0.2) is 24.4 Å². The molecule has 1 aliphatic heterocycles. The van der Waals surface area contributed by atoms with Crippen molar-refractivity contribution in [3.63, 3.8) is 0 Å². The normalized spacial score (nSPS) is 18.9. The van der Waals surface area contributed by atoms with Crippen LogP contribution in [0.15, 0.2) is 194 Å². The topological polar surface area (TPSA) is 46.2 Å². The molecule has 60 heavy (non-hydrogen) atoms. The number of benzene rings is 7. The van der Waals surface area contributed by atoms with Crippen molar-refractivity contribution in [2.75, 3.05) is 0 Å². The first kappa shape index (κ1) is 40.9. The monoisotopic (exact) mass is 794 g/mol. The molecule has 0 spiro atoms. The summed E-state index contributed by atoms with van der Waals surface area (Å²) in [5.41, 5.74) is 10.4. The van der Waals surface area contributed by atoms with Crippen LogP contribution >= 0.6 is 0 Å². The van der Waals surface area contributed by atoms with E-state index in [9.17, 15) is 0 Å². The Morgan fingerprint density at radius 1 is 0.433 bits per heavy atom. The van der Waals surface area contributed by atoms with Crippen LogP contribution in [0.4, 0.5) is 0 Å². The van der Waals surface area contributed by atoms with E-state index in [0.29, 0.717) is 26.4 Å². The quantitative estimate of drug-likeness (QED) is 0.0866. The van der Waals surface area contributed by atoms with Gasteiger partial charge in [-0.2, -0.15) is 0 Å². The molecule has 0 aliphatic carbocycles. The van der Waals surface area contributed by atoms with Crippen LogP contribution in [0.25, 0.3) is 0 Å². The number of rotatable bonds is 18. The molecule has 0 N–H and O–H groups in total. The highest BCUT2D eigenvalue weighted by atomic mass is 16.6. The van der Waals surface area contributed by atoms with Gasteiger partial charge in [-0.3, -0.25) is 0 Å². The number of hydrogen-bond acceptors (Lipinski definition) is 5. The van der Waals surface area contributed by atoms with Gasteiger partial charge in [-0.25, -0.2) is 0 Å². The van der Waals surface area contributed by atoms with Gasteiger partial charge in [0.2, 0.25) is 0 Å². The Labute approximate surface area is 355 Å². The van der Waals surface area contributed by atoms with Gasteiger partial charge < -0.3 is 23.7 Å². The predicted octanol–water partition coefficient (Wildman–Crippen LogP) is 12.0. The van der Waals surface area contributed by atoms with Gasteiger partial charge in [0, 0.05) is 0 Å². The standard InChI is InChI=1S/C55H54O5/c1-41-27-31-48(36-49(41)35-43-28-32-50(33-29-43)56-37-44-19-9-3-10-20-44)52-54(58-39-46-23-13-5-14-24-46)55(59-40-47-25-15-6-16-26-47)53(57-38-45-21-11-4-12-22-45)51(60-52)34-30-42-17-7-2-8-18-42/h2-29,31-33,36,51-55H,30,34-35,37-40H2,1H3/t51-,52+,53-,54+,55+/m1/s1. The van der Waals surface area contributed by atoms with Crippen LogP contribution in [0.1, 0.15) is 62.6 Å². The van der Waals surface area contributed by atoms with Crippen molar-refractivity contribution < 1.29 is 23.7 Å². The van der Waals surface area contributed by atoms with E-state index in [4.69, 9.17) is 23.7 Å². The van der Waals surface area contributed by atoms with Gasteiger partial charge in [-0.1, -0.05) is 182 Å². The molecule has 0 aromatic heterocycles. The molecular formula is C55H54O5. The van der Waals surface area contributed by atoms with E-state index < -0.39 is 24.4 Å². The first-order valence-corrected chi connectivity index (χ1v) is 21.2. The molecule has 7 aromatic carbocycles. The first-order chi connectivity index (χ1) is 29.6. The van der Waals surface area contributed by atoms with Crippen molar-refractivity contribution in [2.24, 2.45) is 0 Å². The van der Waals surface area contributed by atoms with E-state index in [2.05, 4.69) is 165 Å². The highest BCUT2D eigenvalue weighted by molar-refractivity contribution is 5.39. The Hall–Kier alpha value is -5.82. The molecule has 1 heterocycles. The summed E-state index contributed by atoms with van der Waals surface area (Å²) in [4.78, 5) is 0. The van der Waals surface area contributed by atoms with Crippen molar-refractivity contribution >= 4 is 0 Å². The molecule has 5 heteroatoms. The third-order valence-electron chi connectivity index (χ3n) is 11.3. The molecule has 0 unspecified atom stereocenters. The van der Waals surface area contributed by atoms with E-state index in [1.807, 2.05) is 36.4 Å². The minimum absolute atomic E-state index is 0.274. The van der Waals surface area contributed by atoms with Crippen molar-refractivity contribution in [3.8, 4) is 5.75 Å². The maximum Gasteiger partial charge on any atom is 0.119 e. The molecule has 1 saturated heterocycles. The van der Waals surface area contributed by atoms with Crippen LogP contribution in [0.3, 0.4) is 0 Å². The zero-order chi connectivity index (χ0) is 40.8. The molecule has 304 valence electrons. The van der Waals surface area contributed by atoms with Crippen LogP contribution in [0, 0.1) is 6.92 Å². The second-order valence-electron chi connectivity index (χ2n) is 15.7. The minimum atomic E-state index is -0.473. The lowest BCUT2D eigenvalue weighted by Crippen LogP contribution is -2.57. The highest BCUT2D eigenvalue weighted by Gasteiger charge is 2.48. The summed E-state index contributed by atoms with van der Waals surface area (Å²) in [6, 6.07) is 67.1. The Morgan fingerprint density at radius 3 is 1.43 bits per heavy atom. The second kappa shape index (κ2) is 20.9. The fraction of sp³-hybridized carbons (Fsp3) is 0.236. The van der Waals surface area contributed by atoms with Crippen molar-refractivity contribution in [1.29, 1.82) is 0 Å². The molecular weight excluding hydrogens is 741 g/mol. The molecule has 0 bridgehead atoms. The van der Waals surface area contributed by atoms with E-state index >= 15 is 0 Å². The largest absolute Gasteiger partial charge is 0.489 e. The third kappa shape index (κ3) is 11.3. The third-order valence-corrected chi connectivity index (χ3v) is 11.3. The van der Waals surface area contributed by atoms with Crippen molar-refractivity contribution in [1.82, 2.24) is 0 Å². The lowest BCUT2D eigenvalue weighted by Gasteiger charge is -2.47. The maximum atomic E-state index is 7.36. The fourth-order valence-corrected chi connectivity index (χ4v) is 7.97. The van der Waals surface area contributed by atoms with E-state index in [1.165, 1.54) is 22.3 Å². The van der Waals surface area contributed by atoms with E-state index in [1.54, 1.807) is 0 Å². The lowest BCUT2D eigenvalue weighted by atomic mass is 9.86. The molecule has 7 aromatic rings. The Balaban J connectivity index is 1.12. The summed E-state index contributed by atoms with van der Waals surface area (Å²) in [6.07, 6.45) is 0.369. The number of aryl methyl sites for hydroxylation is 2. The zero-order valence-corrected chi connectivity index (χ0v) is 34.4. The summed E-state index contributed by atoms with van der Waals surface area (Å²) in [5, 5.41) is 0. The molecule has 1 aliphatic rings. The highest BCUT2D eigenvalue weighted by Crippen LogP contribution is 2.40. The summed E-state index contributed by atoms with van der Waals surface area (Å²) in [7, 11) is 0. The average molecular weight is 795 g/mol. The summed E-state index contributed by atoms with van der Waals surface area (Å²) >= 11 is 0. The molecule has 1 fully saturated rings. The van der Waals surface area contributed by atoms with Crippen molar-refractivity contribution in [3.05, 3.63) is 244 Å². The Morgan fingerprint density at radius 2 is 0.900 bits per heavy atom. The van der Waals surface area contributed by atoms with Gasteiger partial charge in [-0.15, -0.1) is 0 Å². The predicted molar refractivity (Wildman–Crippen MR) is 239 cm³/mol. The SMILES string of the molecule is Cc1ccc([C@@H]2O[C@H](CCc3ccccc3)[C@@H](OCc3ccccc3)[C@H](OCc3ccccc3)[C@H]2OCc2ccccc2)cc1Cc1ccc(OCc2ccccc2)cc1. The van der Waals surface area contributed by atoms with Gasteiger partial charge in [-0.05, 0) is 88.4 Å². The molecule has 0 amide bonds. The molecule has 0 saturated carbocycles. The van der Waals surface area contributed by atoms with Crippen LogP contribution in [0.5, 0.6) is 5.75 Å². The van der Waals surface area contributed by atoms with Gasteiger partial charge in [0.15, 0.2) is 0 Å². The lowest BCUT2D eigenvalue weighted by molar-refractivity contribution is -0.268. The van der Waals surface area contributed by atoms with Gasteiger partial charge >= 0.3 is 0 Å².